The molecule has 0 saturated carbocycles. The smallest absolute Gasteiger partial charge is 0.229 e. The van der Waals surface area contributed by atoms with Gasteiger partial charge in [0.05, 0.1) is 12.8 Å². The van der Waals surface area contributed by atoms with Crippen LogP contribution in [0.4, 0.5) is 11.4 Å². The van der Waals surface area contributed by atoms with Gasteiger partial charge in [0, 0.05) is 11.4 Å². The standard InChI is InChI=1S/C18H24N4O3S.HI/c1-3-14-5-4-6-16(13-14)21-18(19)20-11-12-25-17-9-7-15(8-10-17)22-26(2,23)24;/h4-10,13,22H,3,11-12H2,1-2H3,(H3,19,20,21);1H. The lowest BCUT2D eigenvalue weighted by atomic mass is 10.1. The zero-order valence-electron chi connectivity index (χ0n) is 15.3. The van der Waals surface area contributed by atoms with E-state index in [-0.39, 0.29) is 24.0 Å². The van der Waals surface area contributed by atoms with Crippen molar-refractivity contribution in [3.05, 3.63) is 54.1 Å². The largest absolute Gasteiger partial charge is 0.492 e. The average Bonchev–Trinajstić information content (AvgIpc) is 2.59. The second-order valence-electron chi connectivity index (χ2n) is 5.69. The van der Waals surface area contributed by atoms with Crippen molar-refractivity contribution < 1.29 is 13.2 Å². The molecule has 0 bridgehead atoms. The van der Waals surface area contributed by atoms with Gasteiger partial charge in [0.2, 0.25) is 10.0 Å². The maximum atomic E-state index is 11.2. The fourth-order valence-electron chi connectivity index (χ4n) is 2.22. The molecule has 0 spiro atoms. The first kappa shape index (κ1) is 23.0. The van der Waals surface area contributed by atoms with E-state index >= 15 is 0 Å². The Labute approximate surface area is 177 Å². The van der Waals surface area contributed by atoms with Gasteiger partial charge in [-0.1, -0.05) is 19.1 Å². The van der Waals surface area contributed by atoms with Crippen LogP contribution >= 0.6 is 24.0 Å². The molecule has 0 heterocycles. The average molecular weight is 504 g/mol. The summed E-state index contributed by atoms with van der Waals surface area (Å²) in [5.74, 6) is 0.955. The Morgan fingerprint density at radius 1 is 1.15 bits per heavy atom. The first-order chi connectivity index (χ1) is 12.4. The molecule has 9 heteroatoms. The van der Waals surface area contributed by atoms with Crippen LogP contribution in [0.15, 0.2) is 53.5 Å². The minimum absolute atomic E-state index is 0. The number of nitrogens with one attached hydrogen (secondary N) is 2. The van der Waals surface area contributed by atoms with Crippen LogP contribution in [0, 0.1) is 0 Å². The van der Waals surface area contributed by atoms with Crippen LogP contribution in [0.2, 0.25) is 0 Å². The minimum Gasteiger partial charge on any atom is -0.492 e. The molecule has 0 radical (unpaired) electrons. The van der Waals surface area contributed by atoms with E-state index in [9.17, 15) is 8.42 Å². The van der Waals surface area contributed by atoms with Crippen LogP contribution in [0.5, 0.6) is 5.75 Å². The van der Waals surface area contributed by atoms with E-state index in [1.54, 1.807) is 24.3 Å². The quantitative estimate of drug-likeness (QED) is 0.222. The summed E-state index contributed by atoms with van der Waals surface area (Å²) in [6.07, 6.45) is 2.06. The van der Waals surface area contributed by atoms with E-state index in [2.05, 4.69) is 28.0 Å². The SMILES string of the molecule is CCc1cccc(NC(N)=NCCOc2ccc(NS(C)(=O)=O)cc2)c1.I. The highest BCUT2D eigenvalue weighted by molar-refractivity contribution is 14.0. The monoisotopic (exact) mass is 504 g/mol. The Balaban J connectivity index is 0.00000364. The number of nitrogens with zero attached hydrogens (tertiary/aromatic N) is 1. The van der Waals surface area contributed by atoms with Gasteiger partial charge in [-0.2, -0.15) is 0 Å². The van der Waals surface area contributed by atoms with Crippen molar-refractivity contribution in [2.24, 2.45) is 10.7 Å². The zero-order valence-corrected chi connectivity index (χ0v) is 18.5. The van der Waals surface area contributed by atoms with Gasteiger partial charge in [-0.3, -0.25) is 4.72 Å². The van der Waals surface area contributed by atoms with Crippen LogP contribution in [0.1, 0.15) is 12.5 Å². The number of sulfonamides is 1. The molecule has 2 aromatic rings. The number of rotatable bonds is 8. The molecular weight excluding hydrogens is 479 g/mol. The van der Waals surface area contributed by atoms with Gasteiger partial charge in [-0.15, -0.1) is 24.0 Å². The summed E-state index contributed by atoms with van der Waals surface area (Å²) >= 11 is 0. The lowest BCUT2D eigenvalue weighted by Gasteiger charge is -2.08. The molecule has 27 heavy (non-hydrogen) atoms. The molecule has 0 fully saturated rings. The van der Waals surface area contributed by atoms with Crippen LogP contribution < -0.4 is 20.5 Å². The maximum absolute atomic E-state index is 11.2. The Hall–Kier alpha value is -2.01. The van der Waals surface area contributed by atoms with Crippen LogP contribution in [0.3, 0.4) is 0 Å². The summed E-state index contributed by atoms with van der Waals surface area (Å²) in [5, 5.41) is 3.05. The van der Waals surface area contributed by atoms with Gasteiger partial charge >= 0.3 is 0 Å². The topological polar surface area (TPSA) is 106 Å². The van der Waals surface area contributed by atoms with Crippen molar-refractivity contribution in [2.45, 2.75) is 13.3 Å². The lowest BCUT2D eigenvalue weighted by Crippen LogP contribution is -2.23. The predicted molar refractivity (Wildman–Crippen MR) is 122 cm³/mol. The molecule has 2 aromatic carbocycles. The fraction of sp³-hybridized carbons (Fsp3) is 0.278. The Morgan fingerprint density at radius 3 is 2.48 bits per heavy atom. The van der Waals surface area contributed by atoms with Crippen molar-refractivity contribution in [1.82, 2.24) is 0 Å². The minimum atomic E-state index is -3.28. The Kier molecular flexibility index (Phi) is 9.36. The summed E-state index contributed by atoms with van der Waals surface area (Å²) < 4.78 is 30.3. The van der Waals surface area contributed by atoms with Gasteiger partial charge in [-0.05, 0) is 48.4 Å². The number of benzene rings is 2. The number of ether oxygens (including phenoxy) is 1. The van der Waals surface area contributed by atoms with Crippen molar-refractivity contribution >= 4 is 51.3 Å². The van der Waals surface area contributed by atoms with Crippen LogP contribution in [0.25, 0.3) is 0 Å². The molecule has 0 aliphatic rings. The number of aliphatic imine (C=N–C) groups is 1. The Bertz CT molecular complexity index is 855. The molecule has 0 atom stereocenters. The molecule has 0 amide bonds. The fourth-order valence-corrected chi connectivity index (χ4v) is 2.78. The third-order valence-electron chi connectivity index (χ3n) is 3.41. The number of aryl methyl sites for hydroxylation is 1. The van der Waals surface area contributed by atoms with Crippen molar-refractivity contribution in [1.29, 1.82) is 0 Å². The van der Waals surface area contributed by atoms with Crippen molar-refractivity contribution in [2.75, 3.05) is 29.4 Å². The summed E-state index contributed by atoms with van der Waals surface area (Å²) in [5.41, 5.74) is 8.49. The second kappa shape index (κ2) is 11.0. The highest BCUT2D eigenvalue weighted by atomic mass is 127. The molecule has 0 aromatic heterocycles. The molecule has 4 N–H and O–H groups in total. The zero-order chi connectivity index (χ0) is 19.0. The van der Waals surface area contributed by atoms with E-state index in [1.807, 2.05) is 18.2 Å². The molecule has 0 aliphatic carbocycles. The van der Waals surface area contributed by atoms with Crippen molar-refractivity contribution in [3.8, 4) is 5.75 Å². The number of halogens is 1. The van der Waals surface area contributed by atoms with E-state index < -0.39 is 10.0 Å². The number of anilines is 2. The van der Waals surface area contributed by atoms with E-state index in [1.165, 1.54) is 5.56 Å². The van der Waals surface area contributed by atoms with Gasteiger partial charge in [0.25, 0.3) is 0 Å². The number of guanidine groups is 1. The molecule has 0 unspecified atom stereocenters. The lowest BCUT2D eigenvalue weighted by molar-refractivity contribution is 0.329. The maximum Gasteiger partial charge on any atom is 0.229 e. The first-order valence-corrected chi connectivity index (χ1v) is 10.1. The predicted octanol–water partition coefficient (Wildman–Crippen LogP) is 3.04. The second-order valence-corrected chi connectivity index (χ2v) is 7.44. The molecule has 148 valence electrons. The van der Waals surface area contributed by atoms with Gasteiger partial charge < -0.3 is 15.8 Å². The molecular formula is C18H25IN4O3S. The molecule has 0 aliphatic heterocycles. The van der Waals surface area contributed by atoms with Gasteiger partial charge in [-0.25, -0.2) is 13.4 Å². The third kappa shape index (κ3) is 8.96. The van der Waals surface area contributed by atoms with Crippen LogP contribution in [-0.4, -0.2) is 33.8 Å². The number of hydrogen-bond acceptors (Lipinski definition) is 4. The number of hydrogen-bond donors (Lipinski definition) is 3. The number of nitrogens with two attached hydrogens (primary N) is 1. The van der Waals surface area contributed by atoms with E-state index in [0.29, 0.717) is 30.5 Å². The normalized spacial score (nSPS) is 11.4. The third-order valence-corrected chi connectivity index (χ3v) is 4.01. The van der Waals surface area contributed by atoms with E-state index in [4.69, 9.17) is 10.5 Å². The van der Waals surface area contributed by atoms with E-state index in [0.717, 1.165) is 18.4 Å². The molecule has 7 nitrogen and oxygen atoms in total. The first-order valence-electron chi connectivity index (χ1n) is 8.22. The highest BCUT2D eigenvalue weighted by Crippen LogP contribution is 2.16. The van der Waals surface area contributed by atoms with Gasteiger partial charge in [0.15, 0.2) is 5.96 Å². The Morgan fingerprint density at radius 2 is 1.85 bits per heavy atom. The molecule has 2 rings (SSSR count). The summed E-state index contributed by atoms with van der Waals surface area (Å²) in [4.78, 5) is 4.22. The summed E-state index contributed by atoms with van der Waals surface area (Å²) in [6.45, 7) is 2.85. The van der Waals surface area contributed by atoms with Crippen molar-refractivity contribution in [3.63, 3.8) is 0 Å². The summed E-state index contributed by atoms with van der Waals surface area (Å²) in [7, 11) is -3.28. The van der Waals surface area contributed by atoms with Gasteiger partial charge in [0.1, 0.15) is 12.4 Å². The highest BCUT2D eigenvalue weighted by Gasteiger charge is 2.02. The molecule has 0 saturated heterocycles. The van der Waals surface area contributed by atoms with Crippen LogP contribution in [-0.2, 0) is 16.4 Å². The summed E-state index contributed by atoms with van der Waals surface area (Å²) in [6, 6.07) is 14.6.